The van der Waals surface area contributed by atoms with E-state index in [9.17, 15) is 4.79 Å². The van der Waals surface area contributed by atoms with Crippen LogP contribution in [0.1, 0.15) is 76.5 Å². The number of aryl methyl sites for hydroxylation is 1. The van der Waals surface area contributed by atoms with E-state index < -0.39 is 0 Å². The fraction of sp³-hybridized carbons (Fsp3) is 0.583. The molecule has 2 aromatic rings. The molecule has 4 rings (SSSR count). The van der Waals surface area contributed by atoms with Crippen LogP contribution in [0.3, 0.4) is 0 Å². The van der Waals surface area contributed by atoms with E-state index in [4.69, 9.17) is 16.2 Å². The standard InChI is InChI=1S/C36H56N8O2/c1-6-9-27(3)44(39-4)33-23-30(22-32(24-33)42-18-20-43(21-19-42)35(45)10-8-16-37)29(7-2)26-41-17-15-28(25-41)11-12-31-13-14-34(46-5)36(38)40-31/h9,13-14,22-24,28-29H,4,6-8,10-12,15-21,25-26,37H2,1-3,5H3,(H2,38,40)/b27-9-. The second kappa shape index (κ2) is 17.3. The fourth-order valence-corrected chi connectivity index (χ4v) is 6.83. The number of ether oxygens (including phenoxy) is 1. The number of rotatable bonds is 16. The molecule has 2 fully saturated rings. The van der Waals surface area contributed by atoms with Gasteiger partial charge in [-0.1, -0.05) is 19.9 Å². The minimum absolute atomic E-state index is 0.209. The van der Waals surface area contributed by atoms with Gasteiger partial charge in [-0.25, -0.2) is 9.99 Å². The molecule has 0 aliphatic carbocycles. The molecule has 0 radical (unpaired) electrons. The van der Waals surface area contributed by atoms with Gasteiger partial charge in [-0.15, -0.1) is 0 Å². The first-order valence-electron chi connectivity index (χ1n) is 17.1. The van der Waals surface area contributed by atoms with Crippen molar-refractivity contribution in [1.29, 1.82) is 0 Å². The molecule has 0 spiro atoms. The zero-order chi connectivity index (χ0) is 33.1. The third kappa shape index (κ3) is 9.22. The van der Waals surface area contributed by atoms with Gasteiger partial charge in [0.25, 0.3) is 0 Å². The number of methoxy groups -OCH3 is 1. The number of nitrogen functional groups attached to an aromatic ring is 1. The van der Waals surface area contributed by atoms with Gasteiger partial charge in [-0.2, -0.15) is 5.10 Å². The molecule has 3 heterocycles. The van der Waals surface area contributed by atoms with Gasteiger partial charge in [0.2, 0.25) is 5.91 Å². The normalized spacial score (nSPS) is 18.1. The Morgan fingerprint density at radius 3 is 2.63 bits per heavy atom. The summed E-state index contributed by atoms with van der Waals surface area (Å²) in [7, 11) is 1.62. The molecule has 2 aliphatic heterocycles. The number of benzene rings is 1. The maximum atomic E-state index is 12.6. The van der Waals surface area contributed by atoms with Crippen molar-refractivity contribution in [2.24, 2.45) is 16.8 Å². The summed E-state index contributed by atoms with van der Waals surface area (Å²) in [6.07, 6.45) is 8.67. The first kappa shape index (κ1) is 35.2. The number of piperazine rings is 1. The average molecular weight is 633 g/mol. The highest BCUT2D eigenvalue weighted by molar-refractivity contribution is 5.76. The SMILES string of the molecule is C=NN(/C(C)=C\CC)c1cc(C(CC)CN2CCC(CCc3ccc(OC)c(N)n3)C2)cc(N2CCN(C(=O)CCCN)CC2)c1. The van der Waals surface area contributed by atoms with E-state index in [-0.39, 0.29) is 5.91 Å². The predicted octanol–water partition coefficient (Wildman–Crippen LogP) is 5.24. The maximum Gasteiger partial charge on any atom is 0.222 e. The smallest absolute Gasteiger partial charge is 0.222 e. The van der Waals surface area contributed by atoms with Crippen molar-refractivity contribution in [1.82, 2.24) is 14.8 Å². The summed E-state index contributed by atoms with van der Waals surface area (Å²) in [5.74, 6) is 2.34. The van der Waals surface area contributed by atoms with Gasteiger partial charge in [0.15, 0.2) is 11.6 Å². The number of pyridine rings is 1. The maximum absolute atomic E-state index is 12.6. The number of hydrazone groups is 1. The van der Waals surface area contributed by atoms with Crippen molar-refractivity contribution in [3.8, 4) is 5.75 Å². The molecule has 252 valence electrons. The molecule has 1 aromatic carbocycles. The predicted molar refractivity (Wildman–Crippen MR) is 191 cm³/mol. The number of nitrogens with zero attached hydrogens (tertiary/aromatic N) is 6. The number of carbonyl (C=O) groups excluding carboxylic acids is 1. The monoisotopic (exact) mass is 632 g/mol. The van der Waals surface area contributed by atoms with Crippen LogP contribution in [0.15, 0.2) is 47.2 Å². The van der Waals surface area contributed by atoms with Gasteiger partial charge in [0.05, 0.1) is 12.8 Å². The number of aromatic nitrogens is 1. The number of amides is 1. The second-order valence-corrected chi connectivity index (χ2v) is 12.7. The van der Waals surface area contributed by atoms with Gasteiger partial charge in [-0.3, -0.25) is 4.79 Å². The molecule has 10 heteroatoms. The van der Waals surface area contributed by atoms with Gasteiger partial charge < -0.3 is 30.9 Å². The quantitative estimate of drug-likeness (QED) is 0.191. The highest BCUT2D eigenvalue weighted by Crippen LogP contribution is 2.34. The third-order valence-electron chi connectivity index (χ3n) is 9.52. The van der Waals surface area contributed by atoms with Crippen molar-refractivity contribution in [2.45, 2.75) is 71.6 Å². The minimum atomic E-state index is 0.209. The van der Waals surface area contributed by atoms with Gasteiger partial charge >= 0.3 is 0 Å². The molecule has 10 nitrogen and oxygen atoms in total. The molecule has 46 heavy (non-hydrogen) atoms. The summed E-state index contributed by atoms with van der Waals surface area (Å²) in [5.41, 5.74) is 17.3. The molecular weight excluding hydrogens is 576 g/mol. The lowest BCUT2D eigenvalue weighted by Gasteiger charge is -2.37. The van der Waals surface area contributed by atoms with Crippen LogP contribution in [0, 0.1) is 5.92 Å². The molecule has 2 aliphatic rings. The van der Waals surface area contributed by atoms with E-state index in [0.717, 1.165) is 95.0 Å². The summed E-state index contributed by atoms with van der Waals surface area (Å²) in [6, 6.07) is 10.8. The van der Waals surface area contributed by atoms with E-state index in [2.05, 4.69) is 71.6 Å². The van der Waals surface area contributed by atoms with Gasteiger partial charge in [-0.05, 0) is 106 Å². The van der Waals surface area contributed by atoms with Crippen molar-refractivity contribution < 1.29 is 9.53 Å². The molecule has 1 amide bonds. The molecule has 1 aromatic heterocycles. The zero-order valence-electron chi connectivity index (χ0n) is 28.6. The Morgan fingerprint density at radius 1 is 1.20 bits per heavy atom. The Kier molecular flexibility index (Phi) is 13.3. The molecule has 2 unspecified atom stereocenters. The lowest BCUT2D eigenvalue weighted by atomic mass is 9.94. The lowest BCUT2D eigenvalue weighted by molar-refractivity contribution is -0.131. The summed E-state index contributed by atoms with van der Waals surface area (Å²) in [6.45, 7) is 17.3. The molecule has 2 atom stereocenters. The zero-order valence-corrected chi connectivity index (χ0v) is 28.6. The Bertz CT molecular complexity index is 1320. The highest BCUT2D eigenvalue weighted by Gasteiger charge is 2.27. The van der Waals surface area contributed by atoms with Crippen LogP contribution in [0.4, 0.5) is 17.2 Å². The summed E-state index contributed by atoms with van der Waals surface area (Å²) in [4.78, 5) is 24.2. The van der Waals surface area contributed by atoms with Crippen LogP contribution < -0.4 is 26.1 Å². The second-order valence-electron chi connectivity index (χ2n) is 12.7. The van der Waals surface area contributed by atoms with Crippen molar-refractivity contribution in [3.63, 3.8) is 0 Å². The Morgan fingerprint density at radius 2 is 1.98 bits per heavy atom. The molecule has 2 saturated heterocycles. The van der Waals surface area contributed by atoms with E-state index in [1.54, 1.807) is 7.11 Å². The van der Waals surface area contributed by atoms with E-state index in [0.29, 0.717) is 36.4 Å². The number of nitrogens with two attached hydrogens (primary N) is 2. The first-order chi connectivity index (χ1) is 22.3. The topological polar surface area (TPSA) is 117 Å². The Hall–Kier alpha value is -3.63. The minimum Gasteiger partial charge on any atom is -0.493 e. The summed E-state index contributed by atoms with van der Waals surface area (Å²) >= 11 is 0. The number of allylic oxidation sites excluding steroid dienone is 2. The number of likely N-dealkylation sites (tertiary alicyclic amines) is 1. The van der Waals surface area contributed by atoms with Crippen molar-refractivity contribution in [3.05, 3.63) is 53.4 Å². The van der Waals surface area contributed by atoms with Crippen LogP contribution >= 0.6 is 0 Å². The molecule has 0 bridgehead atoms. The lowest BCUT2D eigenvalue weighted by Crippen LogP contribution is -2.48. The van der Waals surface area contributed by atoms with Crippen molar-refractivity contribution >= 4 is 29.8 Å². The molecular formula is C36H56N8O2. The number of carbonyl (C=O) groups is 1. The van der Waals surface area contributed by atoms with Gasteiger partial charge in [0.1, 0.15) is 0 Å². The van der Waals surface area contributed by atoms with Crippen LogP contribution in [0.5, 0.6) is 5.75 Å². The average Bonchev–Trinajstić information content (AvgIpc) is 3.53. The number of anilines is 3. The van der Waals surface area contributed by atoms with Crippen LogP contribution in [0.2, 0.25) is 0 Å². The summed E-state index contributed by atoms with van der Waals surface area (Å²) in [5, 5.41) is 6.39. The largest absolute Gasteiger partial charge is 0.493 e. The fourth-order valence-electron chi connectivity index (χ4n) is 6.83. The van der Waals surface area contributed by atoms with Crippen LogP contribution in [-0.4, -0.2) is 86.9 Å². The first-order valence-corrected chi connectivity index (χ1v) is 17.1. The van der Waals surface area contributed by atoms with E-state index in [1.807, 2.05) is 22.0 Å². The van der Waals surface area contributed by atoms with Crippen LogP contribution in [0.25, 0.3) is 0 Å². The van der Waals surface area contributed by atoms with Gasteiger partial charge in [0, 0.05) is 69.5 Å². The Balaban J connectivity index is 1.47. The summed E-state index contributed by atoms with van der Waals surface area (Å²) < 4.78 is 5.26. The Labute approximate surface area is 276 Å². The van der Waals surface area contributed by atoms with Crippen molar-refractivity contribution in [2.75, 3.05) is 75.1 Å². The number of hydrogen-bond acceptors (Lipinski definition) is 9. The molecule has 0 saturated carbocycles. The van der Waals surface area contributed by atoms with Crippen LogP contribution in [-0.2, 0) is 11.2 Å². The molecule has 4 N–H and O–H groups in total. The third-order valence-corrected chi connectivity index (χ3v) is 9.52. The number of hydrogen-bond donors (Lipinski definition) is 2. The highest BCUT2D eigenvalue weighted by atomic mass is 16.5. The van der Waals surface area contributed by atoms with E-state index >= 15 is 0 Å². The van der Waals surface area contributed by atoms with E-state index in [1.165, 1.54) is 17.7 Å².